The molecule has 0 radical (unpaired) electrons. The maximum absolute atomic E-state index is 12.6. The van der Waals surface area contributed by atoms with Crippen LogP contribution in [0.4, 0.5) is 0 Å². The minimum absolute atomic E-state index is 0.154. The van der Waals surface area contributed by atoms with Gasteiger partial charge in [-0.15, -0.1) is 5.10 Å². The average Bonchev–Trinajstić information content (AvgIpc) is 3.24. The number of carbonyl (C=O) groups is 3. The number of amides is 2. The van der Waals surface area contributed by atoms with Crippen molar-refractivity contribution in [3.8, 4) is 5.69 Å². The quantitative estimate of drug-likeness (QED) is 0.587. The van der Waals surface area contributed by atoms with Gasteiger partial charge in [-0.25, -0.2) is 14.5 Å². The molecule has 0 N–H and O–H groups in total. The molecule has 0 aliphatic carbocycles. The Morgan fingerprint density at radius 2 is 1.59 bits per heavy atom. The summed E-state index contributed by atoms with van der Waals surface area (Å²) in [4.78, 5) is 46.4. The molecule has 2 amide bonds. The lowest BCUT2D eigenvalue weighted by Crippen LogP contribution is -2.33. The first kappa shape index (κ1) is 19.1. The Hall–Kier alpha value is -3.23. The highest BCUT2D eigenvalue weighted by atomic mass is 35.5. The number of imide groups is 1. The third-order valence-corrected chi connectivity index (χ3v) is 4.86. The van der Waals surface area contributed by atoms with Crippen LogP contribution < -0.4 is 0 Å². The average molecular weight is 431 g/mol. The smallest absolute Gasteiger partial charge is 0.321 e. The number of nitrogens with zero attached hydrogens (tertiary/aromatic N) is 4. The fraction of sp³-hybridized carbons (Fsp3) is 0.105. The van der Waals surface area contributed by atoms with E-state index in [1.165, 1.54) is 16.8 Å². The molecule has 0 fully saturated rings. The highest BCUT2D eigenvalue weighted by Crippen LogP contribution is 2.29. The standard InChI is InChI=1S/C19H12Cl2N4O4/c1-2-14-22-16(23-24(14)15-12(20)8-5-9-13(15)21)19(28)29-25-17(26)10-6-3-4-7-11(10)18(25)27/h3-9H,2H2,1H3. The molecule has 2 heterocycles. The third-order valence-electron chi connectivity index (χ3n) is 4.25. The van der Waals surface area contributed by atoms with Gasteiger partial charge in [0.2, 0.25) is 0 Å². The minimum atomic E-state index is -1.06. The van der Waals surface area contributed by atoms with E-state index in [2.05, 4.69) is 10.1 Å². The van der Waals surface area contributed by atoms with Crippen LogP contribution in [0.2, 0.25) is 10.0 Å². The second kappa shape index (κ2) is 7.31. The predicted molar refractivity (Wildman–Crippen MR) is 103 cm³/mol. The van der Waals surface area contributed by atoms with Gasteiger partial charge < -0.3 is 4.84 Å². The SMILES string of the molecule is CCc1nc(C(=O)ON2C(=O)c3ccccc3C2=O)nn1-c1c(Cl)cccc1Cl. The Morgan fingerprint density at radius 3 is 2.14 bits per heavy atom. The first-order valence-electron chi connectivity index (χ1n) is 8.52. The van der Waals surface area contributed by atoms with Crippen LogP contribution in [0.15, 0.2) is 42.5 Å². The highest BCUT2D eigenvalue weighted by Gasteiger charge is 2.39. The van der Waals surface area contributed by atoms with Gasteiger partial charge in [-0.3, -0.25) is 9.59 Å². The molecule has 0 atom stereocenters. The zero-order valence-electron chi connectivity index (χ0n) is 14.9. The molecular formula is C19H12Cl2N4O4. The summed E-state index contributed by atoms with van der Waals surface area (Å²) in [5.41, 5.74) is 0.668. The van der Waals surface area contributed by atoms with Crippen molar-refractivity contribution in [2.24, 2.45) is 0 Å². The Labute approximate surface area is 174 Å². The molecule has 0 bridgehead atoms. The summed E-state index contributed by atoms with van der Waals surface area (Å²) in [5, 5.41) is 5.17. The van der Waals surface area contributed by atoms with Crippen LogP contribution in [0.25, 0.3) is 5.69 Å². The fourth-order valence-corrected chi connectivity index (χ4v) is 3.46. The molecule has 1 aromatic heterocycles. The van der Waals surface area contributed by atoms with Gasteiger partial charge in [-0.2, -0.15) is 0 Å². The first-order chi connectivity index (χ1) is 13.9. The number of aromatic nitrogens is 3. The zero-order chi connectivity index (χ0) is 20.7. The van der Waals surface area contributed by atoms with E-state index in [1.807, 2.05) is 6.92 Å². The number of carbonyl (C=O) groups excluding carboxylic acids is 3. The van der Waals surface area contributed by atoms with Crippen LogP contribution in [0, 0.1) is 0 Å². The lowest BCUT2D eigenvalue weighted by Gasteiger charge is -2.11. The maximum Gasteiger partial charge on any atom is 0.403 e. The molecule has 29 heavy (non-hydrogen) atoms. The summed E-state index contributed by atoms with van der Waals surface area (Å²) in [7, 11) is 0. The molecule has 4 rings (SSSR count). The minimum Gasteiger partial charge on any atom is -0.321 e. The van der Waals surface area contributed by atoms with Gasteiger partial charge in [0.15, 0.2) is 0 Å². The van der Waals surface area contributed by atoms with Crippen LogP contribution >= 0.6 is 23.2 Å². The van der Waals surface area contributed by atoms with Gasteiger partial charge in [0.1, 0.15) is 11.5 Å². The largest absolute Gasteiger partial charge is 0.403 e. The van der Waals surface area contributed by atoms with Gasteiger partial charge in [-0.1, -0.05) is 53.4 Å². The molecule has 0 spiro atoms. The van der Waals surface area contributed by atoms with E-state index < -0.39 is 17.8 Å². The molecular weight excluding hydrogens is 419 g/mol. The normalized spacial score (nSPS) is 13.0. The number of fused-ring (bicyclic) bond motifs is 1. The highest BCUT2D eigenvalue weighted by molar-refractivity contribution is 6.37. The van der Waals surface area contributed by atoms with Crippen LogP contribution in [-0.2, 0) is 11.3 Å². The van der Waals surface area contributed by atoms with Crippen LogP contribution in [0.3, 0.4) is 0 Å². The number of rotatable bonds is 4. The number of hydrogen-bond donors (Lipinski definition) is 0. The van der Waals surface area contributed by atoms with Crippen LogP contribution in [0.5, 0.6) is 0 Å². The molecule has 10 heteroatoms. The number of halogens is 2. The van der Waals surface area contributed by atoms with Crippen molar-refractivity contribution < 1.29 is 19.2 Å². The molecule has 3 aromatic rings. The molecule has 0 saturated heterocycles. The summed E-state index contributed by atoms with van der Waals surface area (Å²) < 4.78 is 1.34. The molecule has 1 aliphatic heterocycles. The van der Waals surface area contributed by atoms with E-state index in [0.717, 1.165) is 0 Å². The Bertz CT molecular complexity index is 1120. The lowest BCUT2D eigenvalue weighted by molar-refractivity contribution is -0.0592. The maximum atomic E-state index is 12.6. The molecule has 2 aromatic carbocycles. The van der Waals surface area contributed by atoms with E-state index in [1.54, 1.807) is 30.3 Å². The van der Waals surface area contributed by atoms with Gasteiger partial charge in [-0.05, 0) is 24.3 Å². The third kappa shape index (κ3) is 3.16. The van der Waals surface area contributed by atoms with E-state index in [4.69, 9.17) is 28.0 Å². The Morgan fingerprint density at radius 1 is 1.00 bits per heavy atom. The van der Waals surface area contributed by atoms with Crippen molar-refractivity contribution in [1.82, 2.24) is 19.8 Å². The van der Waals surface area contributed by atoms with Gasteiger partial charge in [0.25, 0.3) is 17.6 Å². The second-order valence-corrected chi connectivity index (χ2v) is 6.83. The number of benzene rings is 2. The van der Waals surface area contributed by atoms with Gasteiger partial charge in [0.05, 0.1) is 21.2 Å². The second-order valence-electron chi connectivity index (χ2n) is 6.02. The van der Waals surface area contributed by atoms with Crippen molar-refractivity contribution in [3.05, 3.63) is 75.3 Å². The van der Waals surface area contributed by atoms with Gasteiger partial charge in [0, 0.05) is 6.42 Å². The van der Waals surface area contributed by atoms with Crippen LogP contribution in [0.1, 0.15) is 44.1 Å². The number of hydroxylamine groups is 2. The van der Waals surface area contributed by atoms with E-state index in [0.29, 0.717) is 33.0 Å². The topological polar surface area (TPSA) is 94.4 Å². The summed E-state index contributed by atoms with van der Waals surface area (Å²) in [6.07, 6.45) is 0.412. The fourth-order valence-electron chi connectivity index (χ4n) is 2.90. The van der Waals surface area contributed by atoms with E-state index >= 15 is 0 Å². The number of aryl methyl sites for hydroxylation is 1. The predicted octanol–water partition coefficient (Wildman–Crippen LogP) is 3.50. The Balaban J connectivity index is 1.65. The summed E-state index contributed by atoms with van der Waals surface area (Å²) in [6.45, 7) is 1.81. The molecule has 0 saturated carbocycles. The molecule has 0 unspecified atom stereocenters. The summed E-state index contributed by atoms with van der Waals surface area (Å²) in [6, 6.07) is 11.1. The number of hydrogen-bond acceptors (Lipinski definition) is 6. The van der Waals surface area contributed by atoms with Crippen molar-refractivity contribution in [3.63, 3.8) is 0 Å². The summed E-state index contributed by atoms with van der Waals surface area (Å²) >= 11 is 12.4. The summed E-state index contributed by atoms with van der Waals surface area (Å²) in [5.74, 6) is -2.47. The lowest BCUT2D eigenvalue weighted by atomic mass is 10.1. The van der Waals surface area contributed by atoms with Crippen molar-refractivity contribution in [2.75, 3.05) is 0 Å². The van der Waals surface area contributed by atoms with Gasteiger partial charge >= 0.3 is 5.97 Å². The Kier molecular flexibility index (Phi) is 4.81. The van der Waals surface area contributed by atoms with Crippen molar-refractivity contribution >= 4 is 41.0 Å². The van der Waals surface area contributed by atoms with E-state index in [-0.39, 0.29) is 17.0 Å². The van der Waals surface area contributed by atoms with Crippen molar-refractivity contribution in [1.29, 1.82) is 0 Å². The van der Waals surface area contributed by atoms with E-state index in [9.17, 15) is 14.4 Å². The molecule has 8 nitrogen and oxygen atoms in total. The van der Waals surface area contributed by atoms with Crippen molar-refractivity contribution in [2.45, 2.75) is 13.3 Å². The number of para-hydroxylation sites is 1. The van der Waals surface area contributed by atoms with Crippen LogP contribution in [-0.4, -0.2) is 37.6 Å². The zero-order valence-corrected chi connectivity index (χ0v) is 16.4. The molecule has 146 valence electrons. The first-order valence-corrected chi connectivity index (χ1v) is 9.28. The molecule has 1 aliphatic rings. The monoisotopic (exact) mass is 430 g/mol.